The van der Waals surface area contributed by atoms with E-state index in [9.17, 15) is 14.0 Å². The topological polar surface area (TPSA) is 127 Å². The molecular formula is C32H31ClFN7O3. The van der Waals surface area contributed by atoms with Crippen molar-refractivity contribution in [2.24, 2.45) is 4.99 Å². The summed E-state index contributed by atoms with van der Waals surface area (Å²) >= 11 is 6.21. The zero-order chi connectivity index (χ0) is 30.6. The molecule has 0 aliphatic carbocycles. The van der Waals surface area contributed by atoms with Crippen LogP contribution in [0.4, 0.5) is 10.1 Å². The number of likely N-dealkylation sites (tertiary alicyclic amines) is 1. The number of nitrogens with zero attached hydrogens (tertiary/aromatic N) is 4. The van der Waals surface area contributed by atoms with E-state index in [1.807, 2.05) is 42.5 Å². The van der Waals surface area contributed by atoms with Crippen LogP contribution in [0.15, 0.2) is 78.0 Å². The van der Waals surface area contributed by atoms with E-state index in [1.165, 1.54) is 40.2 Å². The van der Waals surface area contributed by atoms with Crippen LogP contribution < -0.4 is 21.1 Å². The van der Waals surface area contributed by atoms with Crippen molar-refractivity contribution in [3.63, 3.8) is 0 Å². The summed E-state index contributed by atoms with van der Waals surface area (Å²) in [4.78, 5) is 33.2. The molecule has 0 unspecified atom stereocenters. The highest BCUT2D eigenvalue weighted by Crippen LogP contribution is 2.31. The normalized spacial score (nSPS) is 19.0. The number of carbonyl (C=O) groups is 2. The molecule has 12 heteroatoms. The minimum Gasteiger partial charge on any atom is -0.488 e. The van der Waals surface area contributed by atoms with Gasteiger partial charge in [0.15, 0.2) is 0 Å². The maximum Gasteiger partial charge on any atom is 0.257 e. The van der Waals surface area contributed by atoms with Crippen molar-refractivity contribution in [1.82, 2.24) is 25.3 Å². The van der Waals surface area contributed by atoms with Gasteiger partial charge < -0.3 is 26.0 Å². The van der Waals surface area contributed by atoms with E-state index in [4.69, 9.17) is 22.1 Å². The second kappa shape index (κ2) is 12.9. The fraction of sp³-hybridized carbons (Fsp3) is 0.250. The number of nitrogens with two attached hydrogens (primary N) is 1. The van der Waals surface area contributed by atoms with Crippen LogP contribution in [0.2, 0.25) is 5.02 Å². The number of anilines is 1. The molecule has 226 valence electrons. The largest absolute Gasteiger partial charge is 0.488 e. The van der Waals surface area contributed by atoms with Gasteiger partial charge in [-0.15, -0.1) is 0 Å². The third kappa shape index (κ3) is 6.29. The molecule has 1 aromatic heterocycles. The van der Waals surface area contributed by atoms with Crippen molar-refractivity contribution in [3.8, 4) is 22.6 Å². The van der Waals surface area contributed by atoms with E-state index in [2.05, 4.69) is 20.7 Å². The van der Waals surface area contributed by atoms with Gasteiger partial charge in [0.1, 0.15) is 23.7 Å². The number of nitrogen functional groups attached to an aromatic ring is 1. The van der Waals surface area contributed by atoms with E-state index >= 15 is 0 Å². The third-order valence-electron chi connectivity index (χ3n) is 7.64. The lowest BCUT2D eigenvalue weighted by Crippen LogP contribution is -2.47. The first-order chi connectivity index (χ1) is 21.4. The number of hydrogen-bond acceptors (Lipinski definition) is 7. The standard InChI is InChI=1S/C32H31ClFN7O3/c33-27-14-22(34)7-8-29(27)41-18-21(16-39-41)32(43)40-19-24-15-30(40)31(42)38-12-11-36-9-10-37-17-26-25(5-2-6-28(26)35)20-3-1-4-23(13-20)44-24/h1-8,13-14,16-18,24,30,36H,9-12,15,19,35H2,(H,38,42)/t24-,30-/m0/s1. The van der Waals surface area contributed by atoms with Gasteiger partial charge in [-0.25, -0.2) is 9.07 Å². The van der Waals surface area contributed by atoms with Gasteiger partial charge in [0.25, 0.3) is 5.91 Å². The number of hydrogen-bond donors (Lipinski definition) is 3. The minimum atomic E-state index is -0.752. The number of ether oxygens (including phenoxy) is 1. The second-order valence-corrected chi connectivity index (χ2v) is 11.0. The van der Waals surface area contributed by atoms with Gasteiger partial charge >= 0.3 is 0 Å². The van der Waals surface area contributed by atoms with Gasteiger partial charge in [-0.2, -0.15) is 5.10 Å². The van der Waals surface area contributed by atoms with Crippen LogP contribution in [0.25, 0.3) is 16.8 Å². The zero-order valence-corrected chi connectivity index (χ0v) is 24.5. The van der Waals surface area contributed by atoms with Gasteiger partial charge in [-0.3, -0.25) is 14.6 Å². The molecule has 2 aliphatic heterocycles. The van der Waals surface area contributed by atoms with Crippen molar-refractivity contribution in [1.29, 1.82) is 0 Å². The predicted molar refractivity (Wildman–Crippen MR) is 167 cm³/mol. The number of nitrogens with one attached hydrogen (secondary N) is 2. The molecule has 10 nitrogen and oxygen atoms in total. The summed E-state index contributed by atoms with van der Waals surface area (Å²) in [6, 6.07) is 16.6. The zero-order valence-electron chi connectivity index (χ0n) is 23.7. The summed E-state index contributed by atoms with van der Waals surface area (Å²) in [6.07, 6.45) is 4.59. The smallest absolute Gasteiger partial charge is 0.257 e. The first-order valence-electron chi connectivity index (χ1n) is 14.3. The fourth-order valence-electron chi connectivity index (χ4n) is 5.48. The van der Waals surface area contributed by atoms with Crippen LogP contribution in [-0.2, 0) is 4.79 Å². The van der Waals surface area contributed by atoms with E-state index in [-0.39, 0.29) is 28.9 Å². The Morgan fingerprint density at radius 1 is 1.09 bits per heavy atom. The molecule has 1 fully saturated rings. The van der Waals surface area contributed by atoms with Gasteiger partial charge in [-0.1, -0.05) is 35.9 Å². The van der Waals surface area contributed by atoms with E-state index < -0.39 is 18.0 Å². The Kier molecular flexibility index (Phi) is 8.58. The summed E-state index contributed by atoms with van der Waals surface area (Å²) < 4.78 is 21.4. The average molecular weight is 616 g/mol. The Labute approximate surface area is 258 Å². The molecule has 0 radical (unpaired) electrons. The fourth-order valence-corrected chi connectivity index (χ4v) is 5.73. The molecule has 44 heavy (non-hydrogen) atoms. The number of aliphatic imine (C=N–C) groups is 1. The molecule has 3 heterocycles. The molecule has 2 atom stereocenters. The van der Waals surface area contributed by atoms with Gasteiger partial charge in [0, 0.05) is 49.7 Å². The van der Waals surface area contributed by atoms with Crippen molar-refractivity contribution in [2.75, 3.05) is 38.5 Å². The van der Waals surface area contributed by atoms with Crippen LogP contribution in [-0.4, -0.2) is 77.6 Å². The highest BCUT2D eigenvalue weighted by Gasteiger charge is 2.41. The number of halogens is 2. The van der Waals surface area contributed by atoms with E-state index in [0.29, 0.717) is 49.7 Å². The molecular weight excluding hydrogens is 585 g/mol. The summed E-state index contributed by atoms with van der Waals surface area (Å²) in [5.74, 6) is -0.512. The third-order valence-corrected chi connectivity index (χ3v) is 7.94. The lowest BCUT2D eigenvalue weighted by atomic mass is 9.98. The molecule has 0 saturated carbocycles. The Bertz CT molecular complexity index is 1730. The molecule has 4 aromatic rings. The van der Waals surface area contributed by atoms with E-state index in [1.54, 1.807) is 6.21 Å². The van der Waals surface area contributed by atoms with Crippen LogP contribution in [0, 0.1) is 5.82 Å². The van der Waals surface area contributed by atoms with Crippen molar-refractivity contribution in [3.05, 3.63) is 95.0 Å². The summed E-state index contributed by atoms with van der Waals surface area (Å²) in [5.41, 5.74) is 10.3. The maximum atomic E-state index is 13.8. The Hall–Kier alpha value is -4.74. The Morgan fingerprint density at radius 3 is 2.82 bits per heavy atom. The average Bonchev–Trinajstić information content (AvgIpc) is 3.66. The SMILES string of the molecule is Nc1cccc2c1C=NCCNCCNC(=O)[C@@H]1C[C@@H](CN1C(=O)c1cnn(-c3ccc(F)cc3Cl)c1)Oc1cccc-2c1. The molecule has 2 amide bonds. The van der Waals surface area contributed by atoms with Crippen LogP contribution in [0.5, 0.6) is 5.75 Å². The van der Waals surface area contributed by atoms with Crippen molar-refractivity contribution >= 4 is 35.3 Å². The lowest BCUT2D eigenvalue weighted by Gasteiger charge is -2.23. The number of carbonyl (C=O) groups excluding carboxylic acids is 2. The first-order valence-corrected chi connectivity index (χ1v) is 14.7. The van der Waals surface area contributed by atoms with Crippen LogP contribution >= 0.6 is 11.6 Å². The number of benzene rings is 3. The number of aromatic nitrogens is 2. The molecule has 2 aliphatic rings. The van der Waals surface area contributed by atoms with Crippen molar-refractivity contribution < 1.29 is 18.7 Å². The highest BCUT2D eigenvalue weighted by molar-refractivity contribution is 6.32. The van der Waals surface area contributed by atoms with E-state index in [0.717, 1.165) is 16.7 Å². The molecule has 4 N–H and O–H groups in total. The summed E-state index contributed by atoms with van der Waals surface area (Å²) in [5, 5.41) is 10.6. The lowest BCUT2D eigenvalue weighted by molar-refractivity contribution is -0.124. The maximum absolute atomic E-state index is 13.8. The number of rotatable bonds is 2. The van der Waals surface area contributed by atoms with Gasteiger partial charge in [-0.05, 0) is 47.5 Å². The summed E-state index contributed by atoms with van der Waals surface area (Å²) in [6.45, 7) is 2.27. The molecule has 3 aromatic carbocycles. The highest BCUT2D eigenvalue weighted by atomic mass is 35.5. The Morgan fingerprint density at radius 2 is 1.95 bits per heavy atom. The van der Waals surface area contributed by atoms with Crippen molar-refractivity contribution in [2.45, 2.75) is 18.6 Å². The second-order valence-electron chi connectivity index (χ2n) is 10.6. The molecule has 1 saturated heterocycles. The van der Waals surface area contributed by atoms with Gasteiger partial charge in [0.2, 0.25) is 5.91 Å². The van der Waals surface area contributed by atoms with Crippen LogP contribution in [0.1, 0.15) is 22.3 Å². The summed E-state index contributed by atoms with van der Waals surface area (Å²) in [7, 11) is 0. The first kappa shape index (κ1) is 29.3. The Balaban J connectivity index is 1.29. The number of fused-ring (bicyclic) bond motifs is 6. The van der Waals surface area contributed by atoms with Gasteiger partial charge in [0.05, 0.1) is 35.6 Å². The minimum absolute atomic E-state index is 0.155. The molecule has 4 bridgehead atoms. The predicted octanol–water partition coefficient (Wildman–Crippen LogP) is 3.71. The molecule has 6 rings (SSSR count). The number of amides is 2. The monoisotopic (exact) mass is 615 g/mol. The van der Waals surface area contributed by atoms with Crippen LogP contribution in [0.3, 0.4) is 0 Å². The molecule has 0 spiro atoms. The quantitative estimate of drug-likeness (QED) is 0.295.